The number of hydrogen-bond acceptors (Lipinski definition) is 4. The highest BCUT2D eigenvalue weighted by molar-refractivity contribution is 7.88. The smallest absolute Gasteiger partial charge is 0.252 e. The molecule has 0 aliphatic rings. The van der Waals surface area contributed by atoms with Crippen molar-refractivity contribution in [3.8, 4) is 0 Å². The Balaban J connectivity index is 1.81. The molecular formula is C18H23N3O3S. The van der Waals surface area contributed by atoms with Gasteiger partial charge in [0.15, 0.2) is 0 Å². The SMILES string of the molecule is CS(=O)(=O)N(CCCc1ccccc1)CCNC(=O)c1cccnc1. The minimum Gasteiger partial charge on any atom is -0.351 e. The van der Waals surface area contributed by atoms with Gasteiger partial charge in [-0.2, -0.15) is 0 Å². The number of sulfonamides is 1. The molecule has 2 rings (SSSR count). The Hall–Kier alpha value is -2.25. The van der Waals surface area contributed by atoms with Gasteiger partial charge in [-0.3, -0.25) is 9.78 Å². The van der Waals surface area contributed by atoms with E-state index in [0.29, 0.717) is 12.1 Å². The van der Waals surface area contributed by atoms with Crippen LogP contribution in [0.5, 0.6) is 0 Å². The summed E-state index contributed by atoms with van der Waals surface area (Å²) in [7, 11) is -3.31. The third kappa shape index (κ3) is 6.64. The zero-order valence-corrected chi connectivity index (χ0v) is 15.1. The largest absolute Gasteiger partial charge is 0.351 e. The summed E-state index contributed by atoms with van der Waals surface area (Å²) in [4.78, 5) is 15.8. The molecule has 7 heteroatoms. The van der Waals surface area contributed by atoms with Gasteiger partial charge in [-0.15, -0.1) is 0 Å². The molecule has 0 atom stereocenters. The molecule has 0 saturated heterocycles. The number of aryl methyl sites for hydroxylation is 1. The van der Waals surface area contributed by atoms with Gasteiger partial charge in [-0.25, -0.2) is 12.7 Å². The van der Waals surface area contributed by atoms with E-state index in [0.717, 1.165) is 12.8 Å². The lowest BCUT2D eigenvalue weighted by Crippen LogP contribution is -2.38. The summed E-state index contributed by atoms with van der Waals surface area (Å²) >= 11 is 0. The normalized spacial score (nSPS) is 11.4. The van der Waals surface area contributed by atoms with E-state index in [1.54, 1.807) is 18.3 Å². The molecule has 0 bridgehead atoms. The summed E-state index contributed by atoms with van der Waals surface area (Å²) in [6.45, 7) is 0.933. The van der Waals surface area contributed by atoms with Crippen LogP contribution in [-0.4, -0.2) is 49.5 Å². The summed E-state index contributed by atoms with van der Waals surface area (Å²) in [6.07, 6.45) is 5.80. The molecule has 0 radical (unpaired) electrons. The Labute approximate surface area is 148 Å². The van der Waals surface area contributed by atoms with Gasteiger partial charge in [0.1, 0.15) is 0 Å². The number of hydrogen-bond donors (Lipinski definition) is 1. The predicted octanol–water partition coefficient (Wildman–Crippen LogP) is 1.71. The molecule has 0 spiro atoms. The molecule has 1 aromatic heterocycles. The Morgan fingerprint density at radius 1 is 1.12 bits per heavy atom. The average molecular weight is 361 g/mol. The second kappa shape index (κ2) is 9.29. The first-order valence-electron chi connectivity index (χ1n) is 8.14. The molecule has 2 aromatic rings. The lowest BCUT2D eigenvalue weighted by Gasteiger charge is -2.20. The number of carbonyl (C=O) groups is 1. The van der Waals surface area contributed by atoms with E-state index in [1.165, 1.54) is 22.3 Å². The summed E-state index contributed by atoms with van der Waals surface area (Å²) < 4.78 is 25.2. The average Bonchev–Trinajstić information content (AvgIpc) is 2.61. The Morgan fingerprint density at radius 2 is 1.88 bits per heavy atom. The number of pyridine rings is 1. The maximum absolute atomic E-state index is 12.0. The number of nitrogens with zero attached hydrogens (tertiary/aromatic N) is 2. The van der Waals surface area contributed by atoms with E-state index < -0.39 is 10.0 Å². The highest BCUT2D eigenvalue weighted by atomic mass is 32.2. The van der Waals surface area contributed by atoms with Crippen molar-refractivity contribution < 1.29 is 13.2 Å². The summed E-state index contributed by atoms with van der Waals surface area (Å²) in [5.41, 5.74) is 1.64. The van der Waals surface area contributed by atoms with Crippen LogP contribution in [0.1, 0.15) is 22.3 Å². The number of amides is 1. The third-order valence-electron chi connectivity index (χ3n) is 3.76. The summed E-state index contributed by atoms with van der Waals surface area (Å²) in [5, 5.41) is 2.72. The fourth-order valence-electron chi connectivity index (χ4n) is 2.44. The first-order chi connectivity index (χ1) is 12.0. The van der Waals surface area contributed by atoms with Crippen molar-refractivity contribution in [2.24, 2.45) is 0 Å². The van der Waals surface area contributed by atoms with Crippen LogP contribution in [0.2, 0.25) is 0 Å². The lowest BCUT2D eigenvalue weighted by atomic mass is 10.1. The highest BCUT2D eigenvalue weighted by Crippen LogP contribution is 2.06. The maximum atomic E-state index is 12.0. The van der Waals surface area contributed by atoms with Crippen LogP contribution in [0.4, 0.5) is 0 Å². The van der Waals surface area contributed by atoms with E-state index in [1.807, 2.05) is 30.3 Å². The molecule has 134 valence electrons. The van der Waals surface area contributed by atoms with Crippen molar-refractivity contribution in [1.82, 2.24) is 14.6 Å². The van der Waals surface area contributed by atoms with Gasteiger partial charge in [-0.05, 0) is 30.5 Å². The van der Waals surface area contributed by atoms with Crippen LogP contribution in [0.3, 0.4) is 0 Å². The fraction of sp³-hybridized carbons (Fsp3) is 0.333. The molecule has 0 aliphatic heterocycles. The van der Waals surface area contributed by atoms with E-state index >= 15 is 0 Å². The van der Waals surface area contributed by atoms with Gasteiger partial charge in [0, 0.05) is 32.0 Å². The van der Waals surface area contributed by atoms with Crippen LogP contribution >= 0.6 is 0 Å². The molecule has 1 N–H and O–H groups in total. The van der Waals surface area contributed by atoms with Crippen molar-refractivity contribution >= 4 is 15.9 Å². The minimum absolute atomic E-state index is 0.250. The van der Waals surface area contributed by atoms with Crippen molar-refractivity contribution in [3.63, 3.8) is 0 Å². The number of rotatable bonds is 9. The van der Waals surface area contributed by atoms with Crippen molar-refractivity contribution in [3.05, 3.63) is 66.0 Å². The topological polar surface area (TPSA) is 79.4 Å². The molecule has 6 nitrogen and oxygen atoms in total. The summed E-state index contributed by atoms with van der Waals surface area (Å²) in [5.74, 6) is -0.258. The second-order valence-corrected chi connectivity index (χ2v) is 7.73. The van der Waals surface area contributed by atoms with E-state index in [4.69, 9.17) is 0 Å². The van der Waals surface area contributed by atoms with Crippen molar-refractivity contribution in [2.45, 2.75) is 12.8 Å². The third-order valence-corrected chi connectivity index (χ3v) is 5.06. The van der Waals surface area contributed by atoms with Crippen molar-refractivity contribution in [1.29, 1.82) is 0 Å². The minimum atomic E-state index is -3.31. The molecule has 0 unspecified atom stereocenters. The molecule has 1 aromatic carbocycles. The molecule has 0 saturated carbocycles. The first kappa shape index (κ1) is 19.1. The van der Waals surface area contributed by atoms with Crippen molar-refractivity contribution in [2.75, 3.05) is 25.9 Å². The molecule has 0 fully saturated rings. The van der Waals surface area contributed by atoms with E-state index in [9.17, 15) is 13.2 Å². The first-order valence-corrected chi connectivity index (χ1v) is 9.99. The van der Waals surface area contributed by atoms with Crippen LogP contribution in [-0.2, 0) is 16.4 Å². The number of aromatic nitrogens is 1. The Bertz CT molecular complexity index is 765. The molecule has 1 heterocycles. The summed E-state index contributed by atoms with van der Waals surface area (Å²) in [6, 6.07) is 13.3. The van der Waals surface area contributed by atoms with Crippen LogP contribution in [0.15, 0.2) is 54.9 Å². The van der Waals surface area contributed by atoms with Gasteiger partial charge in [0.2, 0.25) is 10.0 Å². The van der Waals surface area contributed by atoms with E-state index in [-0.39, 0.29) is 19.0 Å². The quantitative estimate of drug-likeness (QED) is 0.737. The van der Waals surface area contributed by atoms with E-state index in [2.05, 4.69) is 10.3 Å². The van der Waals surface area contributed by atoms with Crippen LogP contribution in [0, 0.1) is 0 Å². The van der Waals surface area contributed by atoms with Gasteiger partial charge in [0.05, 0.1) is 11.8 Å². The fourth-order valence-corrected chi connectivity index (χ4v) is 3.32. The molecule has 0 aliphatic carbocycles. The zero-order chi connectivity index (χ0) is 18.1. The monoisotopic (exact) mass is 361 g/mol. The number of carbonyl (C=O) groups excluding carboxylic acids is 1. The van der Waals surface area contributed by atoms with Crippen LogP contribution in [0.25, 0.3) is 0 Å². The van der Waals surface area contributed by atoms with Gasteiger partial charge in [-0.1, -0.05) is 30.3 Å². The number of nitrogens with one attached hydrogen (secondary N) is 1. The Kier molecular flexibility index (Phi) is 7.09. The van der Waals surface area contributed by atoms with Gasteiger partial charge < -0.3 is 5.32 Å². The highest BCUT2D eigenvalue weighted by Gasteiger charge is 2.16. The molecule has 1 amide bonds. The molecular weight excluding hydrogens is 338 g/mol. The maximum Gasteiger partial charge on any atom is 0.252 e. The zero-order valence-electron chi connectivity index (χ0n) is 14.3. The van der Waals surface area contributed by atoms with Gasteiger partial charge >= 0.3 is 0 Å². The van der Waals surface area contributed by atoms with Gasteiger partial charge in [0.25, 0.3) is 5.91 Å². The number of benzene rings is 1. The van der Waals surface area contributed by atoms with Crippen LogP contribution < -0.4 is 5.32 Å². The standard InChI is InChI=1S/C18H23N3O3S/c1-25(23,24)21(13-6-9-16-7-3-2-4-8-16)14-12-20-18(22)17-10-5-11-19-15-17/h2-5,7-8,10-11,15H,6,9,12-14H2,1H3,(H,20,22). The second-order valence-electron chi connectivity index (χ2n) is 5.75. The predicted molar refractivity (Wildman–Crippen MR) is 97.8 cm³/mol. The Morgan fingerprint density at radius 3 is 2.52 bits per heavy atom. The lowest BCUT2D eigenvalue weighted by molar-refractivity contribution is 0.0951. The molecule has 25 heavy (non-hydrogen) atoms.